The van der Waals surface area contributed by atoms with E-state index < -0.39 is 53.3 Å². The Balaban J connectivity index is 2.21. The summed E-state index contributed by atoms with van der Waals surface area (Å²) in [5.41, 5.74) is -0.938. The predicted octanol–water partition coefficient (Wildman–Crippen LogP) is 6.73. The minimum absolute atomic E-state index is 0.0371. The largest absolute Gasteiger partial charge is 0.481 e. The molecule has 2 aromatic rings. The van der Waals surface area contributed by atoms with Crippen LogP contribution in [0.25, 0.3) is 0 Å². The van der Waals surface area contributed by atoms with Crippen molar-refractivity contribution in [2.24, 2.45) is 11.3 Å². The molecule has 8 nitrogen and oxygen atoms in total. The highest BCUT2D eigenvalue weighted by Gasteiger charge is 2.60. The number of rotatable bonds is 9. The third-order valence-electron chi connectivity index (χ3n) is 6.77. The van der Waals surface area contributed by atoms with E-state index in [2.05, 4.69) is 27.5 Å². The molecule has 1 amide bonds. The number of methoxy groups -OCH3 is 1. The van der Waals surface area contributed by atoms with Crippen LogP contribution in [0.5, 0.6) is 5.88 Å². The van der Waals surface area contributed by atoms with E-state index in [1.54, 1.807) is 31.2 Å². The molecule has 0 unspecified atom stereocenters. The molecule has 1 aromatic heterocycles. The van der Waals surface area contributed by atoms with Gasteiger partial charge in [0.1, 0.15) is 12.6 Å². The van der Waals surface area contributed by atoms with Crippen LogP contribution in [0.15, 0.2) is 53.7 Å². The Labute approximate surface area is 245 Å². The third kappa shape index (κ3) is 7.21. The highest BCUT2D eigenvalue weighted by molar-refractivity contribution is 9.10. The molecule has 1 fully saturated rings. The van der Waals surface area contributed by atoms with E-state index in [0.29, 0.717) is 16.2 Å². The summed E-state index contributed by atoms with van der Waals surface area (Å²) in [6.45, 7) is 10.5. The monoisotopic (exact) mass is 642 g/mol. The fraction of sp³-hybridized carbons (Fsp3) is 0.483. The molecule has 224 valence electrons. The first-order chi connectivity index (χ1) is 19.3. The molecule has 12 heteroatoms. The Morgan fingerprint density at radius 1 is 1.17 bits per heavy atom. The van der Waals surface area contributed by atoms with Crippen LogP contribution in [0.1, 0.15) is 50.4 Å². The number of amides is 1. The van der Waals surface area contributed by atoms with E-state index in [4.69, 9.17) is 18.9 Å². The van der Waals surface area contributed by atoms with Crippen LogP contribution >= 0.6 is 15.9 Å². The van der Waals surface area contributed by atoms with Crippen LogP contribution in [-0.4, -0.2) is 54.4 Å². The van der Waals surface area contributed by atoms with E-state index in [1.807, 2.05) is 20.8 Å². The zero-order chi connectivity index (χ0) is 30.5. The molecule has 1 aromatic carbocycles. The molecule has 0 radical (unpaired) electrons. The summed E-state index contributed by atoms with van der Waals surface area (Å²) in [7, 11) is 1.30. The molecule has 1 aliphatic heterocycles. The van der Waals surface area contributed by atoms with Gasteiger partial charge >= 0.3 is 18.2 Å². The predicted molar refractivity (Wildman–Crippen MR) is 148 cm³/mol. The molecule has 0 bridgehead atoms. The van der Waals surface area contributed by atoms with E-state index >= 15 is 0 Å². The van der Waals surface area contributed by atoms with Gasteiger partial charge in [-0.25, -0.2) is 14.6 Å². The summed E-state index contributed by atoms with van der Waals surface area (Å²) in [6, 6.07) is 6.03. The minimum Gasteiger partial charge on any atom is -0.481 e. The summed E-state index contributed by atoms with van der Waals surface area (Å²) in [5.74, 6) is -1.35. The Hall–Kier alpha value is -3.12. The van der Waals surface area contributed by atoms with Gasteiger partial charge in [-0.2, -0.15) is 13.2 Å². The zero-order valence-electron chi connectivity index (χ0n) is 23.5. The van der Waals surface area contributed by atoms with Gasteiger partial charge in [0.2, 0.25) is 5.88 Å². The number of esters is 1. The number of aromatic nitrogens is 1. The van der Waals surface area contributed by atoms with Crippen molar-refractivity contribution in [3.8, 4) is 5.88 Å². The summed E-state index contributed by atoms with van der Waals surface area (Å²) in [5, 5.41) is 0. The van der Waals surface area contributed by atoms with Crippen molar-refractivity contribution in [1.82, 2.24) is 9.88 Å². The SMILES string of the molecule is C=CCOC(=O)N1[C@H](C(=O)OCC)[C@@H](C(C)(C)C)[C@H](OCc2cc(C(F)(F)F)cnc2OC)[C@@H]1c1ccccc1Br. The standard InChI is InChI=1S/C29H34BrF3N2O6/c1-7-13-40-27(37)35-22(19-11-9-10-12-20(19)30)24(21(28(3,4)5)23(35)26(36)39-8-2)41-16-17-14-18(29(31,32)33)15-34-25(17)38-6/h7,9-12,14-15,21-24H,1,8,13,16H2,2-6H3/t21-,22+,23+,24+/m1/s1. The fourth-order valence-corrected chi connectivity index (χ4v) is 5.65. The van der Waals surface area contributed by atoms with Gasteiger partial charge in [-0.3, -0.25) is 4.90 Å². The lowest BCUT2D eigenvalue weighted by molar-refractivity contribution is -0.151. The van der Waals surface area contributed by atoms with Crippen molar-refractivity contribution in [3.05, 3.63) is 70.3 Å². The molecule has 41 heavy (non-hydrogen) atoms. The van der Waals surface area contributed by atoms with E-state index in [-0.39, 0.29) is 31.3 Å². The molecular formula is C29H34BrF3N2O6. The number of nitrogens with zero attached hydrogens (tertiary/aromatic N) is 2. The Morgan fingerprint density at radius 2 is 1.85 bits per heavy atom. The third-order valence-corrected chi connectivity index (χ3v) is 7.49. The average molecular weight is 643 g/mol. The molecule has 2 heterocycles. The number of carbonyl (C=O) groups excluding carboxylic acids is 2. The van der Waals surface area contributed by atoms with Gasteiger partial charge in [-0.15, -0.1) is 0 Å². The van der Waals surface area contributed by atoms with Gasteiger partial charge < -0.3 is 18.9 Å². The lowest BCUT2D eigenvalue weighted by Gasteiger charge is -2.35. The Morgan fingerprint density at radius 3 is 2.41 bits per heavy atom. The molecule has 0 aliphatic carbocycles. The second-order valence-corrected chi connectivity index (χ2v) is 11.3. The molecule has 0 N–H and O–H groups in total. The number of alkyl halides is 3. The number of pyridine rings is 1. The maximum atomic E-state index is 13.6. The number of hydrogen-bond acceptors (Lipinski definition) is 7. The van der Waals surface area contributed by atoms with Crippen LogP contribution in [-0.2, 0) is 31.8 Å². The number of benzene rings is 1. The van der Waals surface area contributed by atoms with Gasteiger partial charge in [-0.1, -0.05) is 67.6 Å². The van der Waals surface area contributed by atoms with E-state index in [9.17, 15) is 22.8 Å². The maximum absolute atomic E-state index is 13.6. The first-order valence-corrected chi connectivity index (χ1v) is 13.7. The molecule has 1 aliphatic rings. The summed E-state index contributed by atoms with van der Waals surface area (Å²) in [4.78, 5) is 32.2. The van der Waals surface area contributed by atoms with Crippen LogP contribution < -0.4 is 4.74 Å². The van der Waals surface area contributed by atoms with Crippen LogP contribution in [0.2, 0.25) is 0 Å². The van der Waals surface area contributed by atoms with Crippen molar-refractivity contribution in [3.63, 3.8) is 0 Å². The second-order valence-electron chi connectivity index (χ2n) is 10.5. The van der Waals surface area contributed by atoms with Gasteiger partial charge in [0.05, 0.1) is 38.0 Å². The minimum atomic E-state index is -4.63. The van der Waals surface area contributed by atoms with Gasteiger partial charge in [0, 0.05) is 22.2 Å². The molecule has 0 saturated carbocycles. The Kier molecular flexibility index (Phi) is 10.5. The molecule has 1 saturated heterocycles. The van der Waals surface area contributed by atoms with E-state index in [0.717, 1.165) is 6.07 Å². The highest BCUT2D eigenvalue weighted by Crippen LogP contribution is 2.51. The van der Waals surface area contributed by atoms with Crippen LogP contribution in [0, 0.1) is 11.3 Å². The smallest absolute Gasteiger partial charge is 0.417 e. The molecular weight excluding hydrogens is 609 g/mol. The number of carbonyl (C=O) groups is 2. The number of likely N-dealkylation sites (tertiary alicyclic amines) is 1. The summed E-state index contributed by atoms with van der Waals surface area (Å²) in [6.07, 6.45) is -4.22. The van der Waals surface area contributed by atoms with Gasteiger partial charge in [-0.05, 0) is 30.0 Å². The fourth-order valence-electron chi connectivity index (χ4n) is 5.13. The summed E-state index contributed by atoms with van der Waals surface area (Å²) >= 11 is 3.55. The first kappa shape index (κ1) is 32.4. The van der Waals surface area contributed by atoms with Crippen molar-refractivity contribution in [2.45, 2.75) is 58.7 Å². The summed E-state index contributed by atoms with van der Waals surface area (Å²) < 4.78 is 63.6. The van der Waals surface area contributed by atoms with Crippen molar-refractivity contribution in [2.75, 3.05) is 20.3 Å². The molecule has 4 atom stereocenters. The zero-order valence-corrected chi connectivity index (χ0v) is 25.1. The van der Waals surface area contributed by atoms with E-state index in [1.165, 1.54) is 18.1 Å². The van der Waals surface area contributed by atoms with Crippen molar-refractivity contribution >= 4 is 28.0 Å². The maximum Gasteiger partial charge on any atom is 0.417 e. The van der Waals surface area contributed by atoms with Crippen LogP contribution in [0.4, 0.5) is 18.0 Å². The number of hydrogen-bond donors (Lipinski definition) is 0. The van der Waals surface area contributed by atoms with Crippen molar-refractivity contribution < 1.29 is 41.7 Å². The highest BCUT2D eigenvalue weighted by atomic mass is 79.9. The molecule has 3 rings (SSSR count). The topological polar surface area (TPSA) is 87.2 Å². The van der Waals surface area contributed by atoms with Gasteiger partial charge in [0.25, 0.3) is 0 Å². The van der Waals surface area contributed by atoms with Gasteiger partial charge in [0.15, 0.2) is 0 Å². The molecule has 0 spiro atoms. The normalized spacial score (nSPS) is 21.0. The Bertz CT molecular complexity index is 1250. The lowest BCUT2D eigenvalue weighted by Crippen LogP contribution is -2.48. The van der Waals surface area contributed by atoms with Crippen molar-refractivity contribution in [1.29, 1.82) is 0 Å². The van der Waals surface area contributed by atoms with Crippen LogP contribution in [0.3, 0.4) is 0 Å². The number of ether oxygens (including phenoxy) is 4. The lowest BCUT2D eigenvalue weighted by atomic mass is 9.73. The average Bonchev–Trinajstić information content (AvgIpc) is 3.26. The number of halogens is 4. The second kappa shape index (κ2) is 13.2. The quantitative estimate of drug-likeness (QED) is 0.221. The first-order valence-electron chi connectivity index (χ1n) is 12.9.